The van der Waals surface area contributed by atoms with Gasteiger partial charge in [0.05, 0.1) is 0 Å². The number of benzene rings is 2. The zero-order chi connectivity index (χ0) is 16.1. The molecule has 2 aromatic rings. The second-order valence-electron chi connectivity index (χ2n) is 6.06. The van der Waals surface area contributed by atoms with Crippen molar-refractivity contribution in [1.29, 1.82) is 0 Å². The van der Waals surface area contributed by atoms with Crippen LogP contribution in [0.4, 0.5) is 0 Å². The Morgan fingerprint density at radius 2 is 1.70 bits per heavy atom. The first-order valence-corrected chi connectivity index (χ1v) is 8.48. The molecule has 1 aliphatic rings. The van der Waals surface area contributed by atoms with Crippen molar-refractivity contribution < 1.29 is 9.47 Å². The van der Waals surface area contributed by atoms with Crippen molar-refractivity contribution in [1.82, 2.24) is 0 Å². The SMILES string of the molecule is CCCCC/C=C1/Oc2ccccc2OC1c1ccc(C)cc1. The monoisotopic (exact) mass is 308 g/mol. The van der Waals surface area contributed by atoms with Crippen molar-refractivity contribution >= 4 is 0 Å². The molecule has 23 heavy (non-hydrogen) atoms. The fourth-order valence-electron chi connectivity index (χ4n) is 2.76. The van der Waals surface area contributed by atoms with E-state index in [2.05, 4.69) is 44.2 Å². The van der Waals surface area contributed by atoms with Crippen LogP contribution in [0.15, 0.2) is 60.4 Å². The van der Waals surface area contributed by atoms with Crippen LogP contribution in [-0.2, 0) is 0 Å². The lowest BCUT2D eigenvalue weighted by atomic mass is 10.0. The minimum Gasteiger partial charge on any atom is -0.474 e. The molecule has 3 rings (SSSR count). The molecule has 120 valence electrons. The van der Waals surface area contributed by atoms with Crippen molar-refractivity contribution in [2.75, 3.05) is 0 Å². The Bertz CT molecular complexity index is 670. The molecule has 1 heterocycles. The number of fused-ring (bicyclic) bond motifs is 1. The molecule has 0 N–H and O–H groups in total. The van der Waals surface area contributed by atoms with Gasteiger partial charge in [0, 0.05) is 5.56 Å². The standard InChI is InChI=1S/C21H24O2/c1-3-4-5-6-11-20-21(17-14-12-16(2)13-15-17)23-19-10-8-7-9-18(19)22-20/h7-15,21H,3-6H2,1-2H3/b20-11+. The predicted molar refractivity (Wildman–Crippen MR) is 93.8 cm³/mol. The van der Waals surface area contributed by atoms with Gasteiger partial charge in [-0.15, -0.1) is 0 Å². The van der Waals surface area contributed by atoms with E-state index in [-0.39, 0.29) is 6.10 Å². The minimum atomic E-state index is -0.160. The van der Waals surface area contributed by atoms with Gasteiger partial charge >= 0.3 is 0 Å². The quantitative estimate of drug-likeness (QED) is 0.633. The zero-order valence-electron chi connectivity index (χ0n) is 13.9. The molecule has 0 radical (unpaired) electrons. The maximum Gasteiger partial charge on any atom is 0.181 e. The molecule has 1 aliphatic heterocycles. The summed E-state index contributed by atoms with van der Waals surface area (Å²) in [4.78, 5) is 0. The van der Waals surface area contributed by atoms with Crippen LogP contribution >= 0.6 is 0 Å². The van der Waals surface area contributed by atoms with Gasteiger partial charge in [-0.05, 0) is 38.0 Å². The number of hydrogen-bond donors (Lipinski definition) is 0. The highest BCUT2D eigenvalue weighted by Crippen LogP contribution is 2.41. The Morgan fingerprint density at radius 3 is 2.43 bits per heavy atom. The van der Waals surface area contributed by atoms with Crippen LogP contribution in [0.1, 0.15) is 49.8 Å². The molecule has 1 unspecified atom stereocenters. The molecule has 0 fully saturated rings. The number of hydrogen-bond acceptors (Lipinski definition) is 2. The van der Waals surface area contributed by atoms with Gasteiger partial charge in [-0.1, -0.05) is 61.7 Å². The largest absolute Gasteiger partial charge is 0.474 e. The Morgan fingerprint density at radius 1 is 0.957 bits per heavy atom. The fraction of sp³-hybridized carbons (Fsp3) is 0.333. The third-order valence-corrected chi connectivity index (χ3v) is 4.11. The zero-order valence-corrected chi connectivity index (χ0v) is 13.9. The molecule has 1 atom stereocenters. The third kappa shape index (κ3) is 3.76. The maximum atomic E-state index is 6.23. The Hall–Kier alpha value is -2.22. The number of para-hydroxylation sites is 2. The van der Waals surface area contributed by atoms with Gasteiger partial charge in [-0.2, -0.15) is 0 Å². The van der Waals surface area contributed by atoms with Gasteiger partial charge in [-0.25, -0.2) is 0 Å². The van der Waals surface area contributed by atoms with Crippen LogP contribution in [0, 0.1) is 6.92 Å². The van der Waals surface area contributed by atoms with E-state index in [1.54, 1.807) is 0 Å². The fourth-order valence-corrected chi connectivity index (χ4v) is 2.76. The van der Waals surface area contributed by atoms with Crippen LogP contribution in [0.5, 0.6) is 11.5 Å². The summed E-state index contributed by atoms with van der Waals surface area (Å²) < 4.78 is 12.4. The van der Waals surface area contributed by atoms with Gasteiger partial charge in [0.15, 0.2) is 17.6 Å². The highest BCUT2D eigenvalue weighted by atomic mass is 16.6. The molecular weight excluding hydrogens is 284 g/mol. The number of unbranched alkanes of at least 4 members (excludes halogenated alkanes) is 3. The Balaban J connectivity index is 1.88. The van der Waals surface area contributed by atoms with Gasteiger partial charge in [0.25, 0.3) is 0 Å². The normalized spacial score (nSPS) is 18.2. The third-order valence-electron chi connectivity index (χ3n) is 4.11. The minimum absolute atomic E-state index is 0.160. The topological polar surface area (TPSA) is 18.5 Å². The first-order chi connectivity index (χ1) is 11.3. The van der Waals surface area contributed by atoms with E-state index in [4.69, 9.17) is 9.47 Å². The van der Waals surface area contributed by atoms with E-state index >= 15 is 0 Å². The van der Waals surface area contributed by atoms with Crippen molar-refractivity contribution in [3.63, 3.8) is 0 Å². The summed E-state index contributed by atoms with van der Waals surface area (Å²) in [5, 5.41) is 0. The van der Waals surface area contributed by atoms with Gasteiger partial charge in [-0.3, -0.25) is 0 Å². The highest BCUT2D eigenvalue weighted by molar-refractivity contribution is 5.45. The van der Waals surface area contributed by atoms with E-state index in [0.29, 0.717) is 0 Å². The van der Waals surface area contributed by atoms with Crippen molar-refractivity contribution in [2.45, 2.75) is 45.6 Å². The summed E-state index contributed by atoms with van der Waals surface area (Å²) >= 11 is 0. The van der Waals surface area contributed by atoms with Gasteiger partial charge in [0.1, 0.15) is 5.76 Å². The predicted octanol–water partition coefficient (Wildman–Crippen LogP) is 5.97. The summed E-state index contributed by atoms with van der Waals surface area (Å²) in [5.74, 6) is 2.52. The maximum absolute atomic E-state index is 6.23. The second-order valence-corrected chi connectivity index (χ2v) is 6.06. The van der Waals surface area contributed by atoms with E-state index in [0.717, 1.165) is 29.2 Å². The summed E-state index contributed by atoms with van der Waals surface area (Å²) in [5.41, 5.74) is 2.38. The Kier molecular flexibility index (Phi) is 5.02. The molecule has 0 spiro atoms. The van der Waals surface area contributed by atoms with Gasteiger partial charge < -0.3 is 9.47 Å². The molecule has 0 aliphatic carbocycles. The lowest BCUT2D eigenvalue weighted by Gasteiger charge is -2.29. The van der Waals surface area contributed by atoms with E-state index in [1.165, 1.54) is 24.8 Å². The first-order valence-electron chi connectivity index (χ1n) is 8.48. The first kappa shape index (κ1) is 15.7. The average Bonchev–Trinajstić information content (AvgIpc) is 2.59. The number of allylic oxidation sites excluding steroid dienone is 1. The van der Waals surface area contributed by atoms with E-state index < -0.39 is 0 Å². The van der Waals surface area contributed by atoms with Crippen LogP contribution in [0.3, 0.4) is 0 Å². The molecule has 0 saturated carbocycles. The summed E-state index contributed by atoms with van der Waals surface area (Å²) in [6.45, 7) is 4.32. The lowest BCUT2D eigenvalue weighted by Crippen LogP contribution is -2.19. The molecule has 0 aromatic heterocycles. The van der Waals surface area contributed by atoms with Crippen LogP contribution in [0.2, 0.25) is 0 Å². The molecule has 0 amide bonds. The van der Waals surface area contributed by atoms with Crippen LogP contribution in [0.25, 0.3) is 0 Å². The number of ether oxygens (including phenoxy) is 2. The van der Waals surface area contributed by atoms with Crippen molar-refractivity contribution in [2.24, 2.45) is 0 Å². The smallest absolute Gasteiger partial charge is 0.181 e. The summed E-state index contributed by atoms with van der Waals surface area (Å²) in [7, 11) is 0. The van der Waals surface area contributed by atoms with Crippen LogP contribution in [-0.4, -0.2) is 0 Å². The number of rotatable bonds is 5. The molecule has 2 nitrogen and oxygen atoms in total. The van der Waals surface area contributed by atoms with Gasteiger partial charge in [0.2, 0.25) is 0 Å². The van der Waals surface area contributed by atoms with Crippen LogP contribution < -0.4 is 9.47 Å². The van der Waals surface area contributed by atoms with Crippen molar-refractivity contribution in [3.8, 4) is 11.5 Å². The summed E-state index contributed by atoms with van der Waals surface area (Å²) in [6.07, 6.45) is 6.71. The molecule has 2 heteroatoms. The Labute approximate surface area is 138 Å². The average molecular weight is 308 g/mol. The van der Waals surface area contributed by atoms with E-state index in [1.807, 2.05) is 24.3 Å². The lowest BCUT2D eigenvalue weighted by molar-refractivity contribution is 0.147. The molecular formula is C21H24O2. The molecule has 0 bridgehead atoms. The molecule has 0 saturated heterocycles. The summed E-state index contributed by atoms with van der Waals surface area (Å²) in [6, 6.07) is 16.4. The van der Waals surface area contributed by atoms with E-state index in [9.17, 15) is 0 Å². The number of aryl methyl sites for hydroxylation is 1. The van der Waals surface area contributed by atoms with Crippen molar-refractivity contribution in [3.05, 3.63) is 71.5 Å². The highest BCUT2D eigenvalue weighted by Gasteiger charge is 2.27. The molecule has 2 aromatic carbocycles. The second kappa shape index (κ2) is 7.36.